The summed E-state index contributed by atoms with van der Waals surface area (Å²) in [4.78, 5) is 26.5. The minimum atomic E-state index is -0.486. The minimum absolute atomic E-state index is 0.145. The predicted octanol–water partition coefficient (Wildman–Crippen LogP) is 7.80. The van der Waals surface area contributed by atoms with Crippen LogP contribution in [0.25, 0.3) is 0 Å². The van der Waals surface area contributed by atoms with Crippen molar-refractivity contribution in [2.75, 3.05) is 10.6 Å². The van der Waals surface area contributed by atoms with Gasteiger partial charge in [-0.05, 0) is 78.4 Å². The van der Waals surface area contributed by atoms with E-state index in [4.69, 9.17) is 9.15 Å². The van der Waals surface area contributed by atoms with E-state index in [2.05, 4.69) is 10.6 Å². The Morgan fingerprint density at radius 1 is 0.658 bits per heavy atom. The van der Waals surface area contributed by atoms with Gasteiger partial charge in [-0.15, -0.1) is 11.8 Å². The van der Waals surface area contributed by atoms with Crippen LogP contribution in [0.15, 0.2) is 137 Å². The SMILES string of the molecule is O=C(Nc1ccc(SC(C(=O)Nc2ccc(Oc3ccccc3)cc2)c2ccccc2)cc1)c1ccco1. The summed E-state index contributed by atoms with van der Waals surface area (Å²) >= 11 is 1.43. The predicted molar refractivity (Wildman–Crippen MR) is 150 cm³/mol. The third kappa shape index (κ3) is 6.52. The first-order chi connectivity index (χ1) is 18.6. The quantitative estimate of drug-likeness (QED) is 0.194. The van der Waals surface area contributed by atoms with Gasteiger partial charge < -0.3 is 19.8 Å². The fraction of sp³-hybridized carbons (Fsp3) is 0.0323. The first kappa shape index (κ1) is 24.9. The summed E-state index contributed by atoms with van der Waals surface area (Å²) in [5, 5.41) is 5.34. The van der Waals surface area contributed by atoms with Crippen LogP contribution in [-0.2, 0) is 4.79 Å². The number of benzene rings is 4. The van der Waals surface area contributed by atoms with E-state index in [0.29, 0.717) is 17.1 Å². The molecule has 4 aromatic carbocycles. The summed E-state index contributed by atoms with van der Waals surface area (Å²) in [7, 11) is 0. The number of thioether (sulfide) groups is 1. The summed E-state index contributed by atoms with van der Waals surface area (Å²) < 4.78 is 11.0. The van der Waals surface area contributed by atoms with E-state index in [0.717, 1.165) is 16.2 Å². The lowest BCUT2D eigenvalue weighted by molar-refractivity contribution is -0.115. The minimum Gasteiger partial charge on any atom is -0.459 e. The summed E-state index contributed by atoms with van der Waals surface area (Å²) in [6.45, 7) is 0. The van der Waals surface area contributed by atoms with Gasteiger partial charge in [0.1, 0.15) is 16.7 Å². The molecule has 1 atom stereocenters. The number of anilines is 2. The zero-order valence-electron chi connectivity index (χ0n) is 20.2. The van der Waals surface area contributed by atoms with E-state index < -0.39 is 5.25 Å². The van der Waals surface area contributed by atoms with Crippen LogP contribution in [0.1, 0.15) is 21.4 Å². The van der Waals surface area contributed by atoms with E-state index in [1.54, 1.807) is 24.3 Å². The van der Waals surface area contributed by atoms with E-state index in [1.165, 1.54) is 18.0 Å². The van der Waals surface area contributed by atoms with Gasteiger partial charge in [-0.3, -0.25) is 9.59 Å². The van der Waals surface area contributed by atoms with Crippen molar-refractivity contribution in [3.63, 3.8) is 0 Å². The van der Waals surface area contributed by atoms with Crippen LogP contribution in [0.5, 0.6) is 11.5 Å². The third-order valence-corrected chi connectivity index (χ3v) is 6.82. The normalized spacial score (nSPS) is 11.4. The molecule has 0 aliphatic carbocycles. The van der Waals surface area contributed by atoms with Gasteiger partial charge in [0.15, 0.2) is 5.76 Å². The van der Waals surface area contributed by atoms with Gasteiger partial charge in [-0.25, -0.2) is 0 Å². The number of amides is 2. The summed E-state index contributed by atoms with van der Waals surface area (Å²) in [6.07, 6.45) is 1.45. The van der Waals surface area contributed by atoms with Crippen LogP contribution in [-0.4, -0.2) is 11.8 Å². The molecule has 0 fully saturated rings. The first-order valence-corrected chi connectivity index (χ1v) is 12.8. The third-order valence-electron chi connectivity index (χ3n) is 5.55. The summed E-state index contributed by atoms with van der Waals surface area (Å²) in [5.74, 6) is 1.20. The van der Waals surface area contributed by atoms with Crippen molar-refractivity contribution >= 4 is 35.0 Å². The molecule has 0 aliphatic heterocycles. The highest BCUT2D eigenvalue weighted by Crippen LogP contribution is 2.37. The van der Waals surface area contributed by atoms with Crippen molar-refractivity contribution in [1.29, 1.82) is 0 Å². The number of hydrogen-bond acceptors (Lipinski definition) is 5. The van der Waals surface area contributed by atoms with Crippen LogP contribution < -0.4 is 15.4 Å². The van der Waals surface area contributed by atoms with E-state index >= 15 is 0 Å². The Kier molecular flexibility index (Phi) is 7.86. The van der Waals surface area contributed by atoms with E-state index in [1.807, 2.05) is 97.1 Å². The number of nitrogens with one attached hydrogen (secondary N) is 2. The average molecular weight is 521 g/mol. The van der Waals surface area contributed by atoms with Crippen LogP contribution in [0.4, 0.5) is 11.4 Å². The largest absolute Gasteiger partial charge is 0.459 e. The van der Waals surface area contributed by atoms with Gasteiger partial charge in [-0.1, -0.05) is 48.5 Å². The molecule has 0 radical (unpaired) electrons. The molecule has 0 spiro atoms. The van der Waals surface area contributed by atoms with Gasteiger partial charge in [0.25, 0.3) is 5.91 Å². The summed E-state index contributed by atoms with van der Waals surface area (Å²) in [6, 6.07) is 37.1. The maximum Gasteiger partial charge on any atom is 0.291 e. The number of carbonyl (C=O) groups excluding carboxylic acids is 2. The molecule has 6 nitrogen and oxygen atoms in total. The van der Waals surface area contributed by atoms with Gasteiger partial charge in [0.2, 0.25) is 5.91 Å². The van der Waals surface area contributed by atoms with Gasteiger partial charge >= 0.3 is 0 Å². The second-order valence-electron chi connectivity index (χ2n) is 8.29. The zero-order chi connectivity index (χ0) is 26.2. The Labute approximate surface area is 224 Å². The Morgan fingerprint density at radius 3 is 1.92 bits per heavy atom. The molecule has 0 bridgehead atoms. The molecule has 0 saturated carbocycles. The van der Waals surface area contributed by atoms with Crippen molar-refractivity contribution < 1.29 is 18.7 Å². The molecule has 0 saturated heterocycles. The average Bonchev–Trinajstić information content (AvgIpc) is 3.50. The van der Waals surface area contributed by atoms with Gasteiger partial charge in [0, 0.05) is 16.3 Å². The number of rotatable bonds is 9. The molecule has 1 unspecified atom stereocenters. The zero-order valence-corrected chi connectivity index (χ0v) is 21.1. The van der Waals surface area contributed by atoms with Crippen LogP contribution in [0.3, 0.4) is 0 Å². The van der Waals surface area contributed by atoms with Gasteiger partial charge in [0.05, 0.1) is 6.26 Å². The lowest BCUT2D eigenvalue weighted by Gasteiger charge is -2.17. The molecule has 5 aromatic rings. The number of furan rings is 1. The molecule has 38 heavy (non-hydrogen) atoms. The highest BCUT2D eigenvalue weighted by molar-refractivity contribution is 8.00. The second-order valence-corrected chi connectivity index (χ2v) is 9.47. The van der Waals surface area contributed by atoms with E-state index in [9.17, 15) is 9.59 Å². The Balaban J connectivity index is 1.26. The lowest BCUT2D eigenvalue weighted by Crippen LogP contribution is -2.19. The fourth-order valence-electron chi connectivity index (χ4n) is 3.69. The lowest BCUT2D eigenvalue weighted by atomic mass is 10.1. The Morgan fingerprint density at radius 2 is 1.26 bits per heavy atom. The van der Waals surface area contributed by atoms with Crippen molar-refractivity contribution in [2.24, 2.45) is 0 Å². The molecule has 5 rings (SSSR count). The van der Waals surface area contributed by atoms with Crippen molar-refractivity contribution in [3.05, 3.63) is 139 Å². The molecular formula is C31H24N2O4S. The number of ether oxygens (including phenoxy) is 1. The van der Waals surface area contributed by atoms with E-state index in [-0.39, 0.29) is 17.6 Å². The maximum absolute atomic E-state index is 13.4. The van der Waals surface area contributed by atoms with Crippen molar-refractivity contribution in [2.45, 2.75) is 10.1 Å². The molecule has 2 N–H and O–H groups in total. The molecule has 1 aromatic heterocycles. The first-order valence-electron chi connectivity index (χ1n) is 11.9. The number of hydrogen-bond donors (Lipinski definition) is 2. The molecular weight excluding hydrogens is 496 g/mol. The molecule has 2 amide bonds. The maximum atomic E-state index is 13.4. The van der Waals surface area contributed by atoms with Crippen LogP contribution >= 0.6 is 11.8 Å². The highest BCUT2D eigenvalue weighted by atomic mass is 32.2. The smallest absolute Gasteiger partial charge is 0.291 e. The Hall–Kier alpha value is -4.75. The van der Waals surface area contributed by atoms with Crippen molar-refractivity contribution in [1.82, 2.24) is 0 Å². The summed E-state index contributed by atoms with van der Waals surface area (Å²) in [5.41, 5.74) is 2.19. The topological polar surface area (TPSA) is 80.6 Å². The van der Waals surface area contributed by atoms with Crippen LogP contribution in [0.2, 0.25) is 0 Å². The standard InChI is InChI=1S/C31H24N2O4S/c34-30(28-12-7-21-36-28)32-24-15-19-27(20-16-24)38-29(22-8-3-1-4-9-22)31(35)33-23-13-17-26(18-14-23)37-25-10-5-2-6-11-25/h1-21,29H,(H,32,34)(H,33,35). The van der Waals surface area contributed by atoms with Crippen molar-refractivity contribution in [3.8, 4) is 11.5 Å². The Bertz CT molecular complexity index is 1470. The second kappa shape index (κ2) is 12.0. The van der Waals surface area contributed by atoms with Crippen LogP contribution in [0, 0.1) is 0 Å². The molecule has 1 heterocycles. The number of carbonyl (C=O) groups is 2. The monoisotopic (exact) mass is 520 g/mol. The van der Waals surface area contributed by atoms with Gasteiger partial charge in [-0.2, -0.15) is 0 Å². The fourth-order valence-corrected chi connectivity index (χ4v) is 4.72. The molecule has 188 valence electrons. The highest BCUT2D eigenvalue weighted by Gasteiger charge is 2.22. The number of para-hydroxylation sites is 1. The molecule has 0 aliphatic rings. The molecule has 7 heteroatoms.